The smallest absolute Gasteiger partial charge is 0.338 e. The first-order valence-electron chi connectivity index (χ1n) is 10.1. The molecule has 0 bridgehead atoms. The molecule has 170 valence electrons. The molecule has 2 aromatic carbocycles. The summed E-state index contributed by atoms with van der Waals surface area (Å²) in [6, 6.07) is 11.3. The lowest BCUT2D eigenvalue weighted by molar-refractivity contribution is -0.143. The SMILES string of the molecule is CC1=C(C(=O)OC(C)C)C(c2ccc(Cl)cc2)n2c(sc(=Cc3cc(Br)ccc3O)c2=O)=N1. The Balaban J connectivity index is 1.96. The predicted molar refractivity (Wildman–Crippen MR) is 132 cm³/mol. The first kappa shape index (κ1) is 23.5. The number of ether oxygens (including phenoxy) is 1. The largest absolute Gasteiger partial charge is 0.507 e. The summed E-state index contributed by atoms with van der Waals surface area (Å²) in [5.41, 5.74) is 1.67. The Morgan fingerprint density at radius 2 is 1.97 bits per heavy atom. The van der Waals surface area contributed by atoms with Crippen LogP contribution in [0.1, 0.15) is 37.9 Å². The molecule has 0 spiro atoms. The van der Waals surface area contributed by atoms with E-state index in [4.69, 9.17) is 16.3 Å². The lowest BCUT2D eigenvalue weighted by atomic mass is 9.96. The fraction of sp³-hybridized carbons (Fsp3) is 0.208. The molecule has 0 radical (unpaired) electrons. The minimum atomic E-state index is -0.719. The minimum Gasteiger partial charge on any atom is -0.507 e. The molecule has 33 heavy (non-hydrogen) atoms. The van der Waals surface area contributed by atoms with Crippen LogP contribution in [-0.2, 0) is 9.53 Å². The van der Waals surface area contributed by atoms with E-state index in [2.05, 4.69) is 20.9 Å². The molecule has 0 saturated heterocycles. The average molecular weight is 548 g/mol. The van der Waals surface area contributed by atoms with Crippen molar-refractivity contribution in [3.63, 3.8) is 0 Å². The first-order valence-corrected chi connectivity index (χ1v) is 12.1. The highest BCUT2D eigenvalue weighted by Gasteiger charge is 2.33. The Hall–Kier alpha value is -2.68. The normalized spacial score (nSPS) is 16.1. The Kier molecular flexibility index (Phi) is 6.61. The number of aromatic nitrogens is 1. The van der Waals surface area contributed by atoms with Gasteiger partial charge in [0.2, 0.25) is 0 Å². The van der Waals surface area contributed by atoms with E-state index in [0.29, 0.717) is 36.8 Å². The molecule has 9 heteroatoms. The van der Waals surface area contributed by atoms with Crippen molar-refractivity contribution in [1.29, 1.82) is 0 Å². The second-order valence-corrected chi connectivity index (χ2v) is 10.2. The third kappa shape index (κ3) is 4.69. The van der Waals surface area contributed by atoms with Crippen molar-refractivity contribution >= 4 is 50.9 Å². The number of nitrogens with zero attached hydrogens (tertiary/aromatic N) is 2. The Morgan fingerprint density at radius 3 is 2.64 bits per heavy atom. The van der Waals surface area contributed by atoms with Crippen molar-refractivity contribution < 1.29 is 14.6 Å². The molecular formula is C24H20BrClN2O4S. The molecule has 1 unspecified atom stereocenters. The van der Waals surface area contributed by atoms with Crippen molar-refractivity contribution in [1.82, 2.24) is 4.57 Å². The highest BCUT2D eigenvalue weighted by molar-refractivity contribution is 9.10. The van der Waals surface area contributed by atoms with Gasteiger partial charge in [0.25, 0.3) is 5.56 Å². The summed E-state index contributed by atoms with van der Waals surface area (Å²) in [7, 11) is 0. The number of esters is 1. The molecule has 0 aliphatic carbocycles. The Morgan fingerprint density at radius 1 is 1.27 bits per heavy atom. The van der Waals surface area contributed by atoms with E-state index in [1.54, 1.807) is 69.3 Å². The number of carbonyl (C=O) groups is 1. The fourth-order valence-electron chi connectivity index (χ4n) is 3.60. The van der Waals surface area contributed by atoms with Crippen molar-refractivity contribution in [3.05, 3.63) is 94.0 Å². The Labute approximate surface area is 207 Å². The lowest BCUT2D eigenvalue weighted by Crippen LogP contribution is -2.40. The zero-order chi connectivity index (χ0) is 23.9. The number of thiazole rings is 1. The van der Waals surface area contributed by atoms with Gasteiger partial charge in [-0.05, 0) is 62.7 Å². The van der Waals surface area contributed by atoms with Gasteiger partial charge >= 0.3 is 5.97 Å². The van der Waals surface area contributed by atoms with Gasteiger partial charge in [0.05, 0.1) is 27.9 Å². The molecule has 1 aromatic heterocycles. The molecule has 1 aliphatic heterocycles. The maximum atomic E-state index is 13.5. The number of benzene rings is 2. The summed E-state index contributed by atoms with van der Waals surface area (Å²) < 4.78 is 8.13. The summed E-state index contributed by atoms with van der Waals surface area (Å²) in [5.74, 6) is -0.471. The summed E-state index contributed by atoms with van der Waals surface area (Å²) in [5, 5.41) is 10.8. The first-order chi connectivity index (χ1) is 15.7. The van der Waals surface area contributed by atoms with E-state index in [1.807, 2.05) is 0 Å². The minimum absolute atomic E-state index is 0.0515. The van der Waals surface area contributed by atoms with Crippen LogP contribution in [-0.4, -0.2) is 21.7 Å². The number of allylic oxidation sites excluding steroid dienone is 1. The van der Waals surface area contributed by atoms with Gasteiger partial charge < -0.3 is 9.84 Å². The third-order valence-corrected chi connectivity index (χ3v) is 6.77. The molecule has 0 saturated carbocycles. The van der Waals surface area contributed by atoms with Crippen molar-refractivity contribution in [2.45, 2.75) is 32.9 Å². The van der Waals surface area contributed by atoms with Gasteiger partial charge in [-0.2, -0.15) is 0 Å². The molecule has 1 N–H and O–H groups in total. The maximum Gasteiger partial charge on any atom is 0.338 e. The van der Waals surface area contributed by atoms with Gasteiger partial charge in [0.15, 0.2) is 4.80 Å². The zero-order valence-electron chi connectivity index (χ0n) is 18.0. The van der Waals surface area contributed by atoms with Crippen molar-refractivity contribution in [2.75, 3.05) is 0 Å². The summed E-state index contributed by atoms with van der Waals surface area (Å²) in [4.78, 5) is 31.6. The van der Waals surface area contributed by atoms with E-state index in [1.165, 1.54) is 15.9 Å². The van der Waals surface area contributed by atoms with Crippen LogP contribution in [0.4, 0.5) is 0 Å². The van der Waals surface area contributed by atoms with Crippen LogP contribution in [0, 0.1) is 0 Å². The quantitative estimate of drug-likeness (QED) is 0.494. The second kappa shape index (κ2) is 9.29. The zero-order valence-corrected chi connectivity index (χ0v) is 21.2. The molecule has 1 aliphatic rings. The number of phenolic OH excluding ortho intramolecular Hbond substituents is 1. The molecule has 0 amide bonds. The number of hydrogen-bond donors (Lipinski definition) is 1. The van der Waals surface area contributed by atoms with Gasteiger partial charge in [0, 0.05) is 15.1 Å². The molecule has 1 atom stereocenters. The van der Waals surface area contributed by atoms with Gasteiger partial charge in [0.1, 0.15) is 5.75 Å². The van der Waals surface area contributed by atoms with Crippen LogP contribution in [0.3, 0.4) is 0 Å². The highest BCUT2D eigenvalue weighted by Crippen LogP contribution is 2.31. The number of phenols is 1. The molecular weight excluding hydrogens is 528 g/mol. The summed E-state index contributed by atoms with van der Waals surface area (Å²) >= 11 is 10.7. The van der Waals surface area contributed by atoms with Crippen LogP contribution in [0.2, 0.25) is 5.02 Å². The van der Waals surface area contributed by atoms with Gasteiger partial charge in [-0.15, -0.1) is 0 Å². The van der Waals surface area contributed by atoms with Crippen molar-refractivity contribution in [2.24, 2.45) is 4.99 Å². The maximum absolute atomic E-state index is 13.5. The number of rotatable bonds is 4. The second-order valence-electron chi connectivity index (χ2n) is 7.79. The van der Waals surface area contributed by atoms with E-state index in [0.717, 1.165) is 4.47 Å². The highest BCUT2D eigenvalue weighted by atomic mass is 79.9. The number of carbonyl (C=O) groups excluding carboxylic acids is 1. The molecule has 6 nitrogen and oxygen atoms in total. The van der Waals surface area contributed by atoms with Crippen LogP contribution < -0.4 is 14.9 Å². The standard InChI is InChI=1S/C24H20BrClN2O4S/c1-12(2)32-23(31)20-13(3)27-24-28(21(20)14-4-7-17(26)8-5-14)22(30)19(33-24)11-15-10-16(25)6-9-18(15)29/h4-12,21,29H,1-3H3. The van der Waals surface area contributed by atoms with Gasteiger partial charge in [-0.3, -0.25) is 9.36 Å². The topological polar surface area (TPSA) is 80.9 Å². The molecule has 3 aromatic rings. The van der Waals surface area contributed by atoms with Gasteiger partial charge in [-0.1, -0.05) is 51.0 Å². The number of halogens is 2. The van der Waals surface area contributed by atoms with Crippen LogP contribution in [0.5, 0.6) is 5.75 Å². The van der Waals surface area contributed by atoms with E-state index < -0.39 is 12.0 Å². The fourth-order valence-corrected chi connectivity index (χ4v) is 5.15. The van der Waals surface area contributed by atoms with E-state index in [9.17, 15) is 14.7 Å². The number of hydrogen-bond acceptors (Lipinski definition) is 6. The third-order valence-electron chi connectivity index (χ3n) is 5.05. The number of aromatic hydroxyl groups is 1. The van der Waals surface area contributed by atoms with Gasteiger partial charge in [-0.25, -0.2) is 9.79 Å². The van der Waals surface area contributed by atoms with Crippen LogP contribution in [0.15, 0.2) is 68.0 Å². The summed E-state index contributed by atoms with van der Waals surface area (Å²) in [6.45, 7) is 5.27. The Bertz CT molecular complexity index is 1460. The molecule has 2 heterocycles. The lowest BCUT2D eigenvalue weighted by Gasteiger charge is -2.25. The van der Waals surface area contributed by atoms with Crippen LogP contribution >= 0.6 is 38.9 Å². The molecule has 0 fully saturated rings. The van der Waals surface area contributed by atoms with Crippen molar-refractivity contribution in [3.8, 4) is 5.75 Å². The molecule has 4 rings (SSSR count). The monoisotopic (exact) mass is 546 g/mol. The average Bonchev–Trinajstić information content (AvgIpc) is 3.04. The van der Waals surface area contributed by atoms with E-state index in [-0.39, 0.29) is 17.4 Å². The van der Waals surface area contributed by atoms with Crippen LogP contribution in [0.25, 0.3) is 6.08 Å². The van der Waals surface area contributed by atoms with E-state index >= 15 is 0 Å². The number of fused-ring (bicyclic) bond motifs is 1. The summed E-state index contributed by atoms with van der Waals surface area (Å²) in [6.07, 6.45) is 1.29. The predicted octanol–water partition coefficient (Wildman–Crippen LogP) is 4.31.